The minimum absolute atomic E-state index is 0.102. The summed E-state index contributed by atoms with van der Waals surface area (Å²) >= 11 is 1.57. The molecule has 1 N–H and O–H groups in total. The van der Waals surface area contributed by atoms with Crippen molar-refractivity contribution in [2.45, 2.75) is 62.0 Å². The zero-order chi connectivity index (χ0) is 26.4. The van der Waals surface area contributed by atoms with Crippen molar-refractivity contribution < 1.29 is 24.2 Å². The maximum absolute atomic E-state index is 14.5. The molecular formula is C29H36N2O5S. The summed E-state index contributed by atoms with van der Waals surface area (Å²) in [4.78, 5) is 45.5. The van der Waals surface area contributed by atoms with Crippen molar-refractivity contribution in [2.75, 3.05) is 31.2 Å². The first-order valence-corrected chi connectivity index (χ1v) is 14.1. The molecule has 1 aromatic carbocycles. The summed E-state index contributed by atoms with van der Waals surface area (Å²) in [6.45, 7) is 7.21. The molecule has 198 valence electrons. The summed E-state index contributed by atoms with van der Waals surface area (Å²) in [7, 11) is 0. The van der Waals surface area contributed by atoms with Gasteiger partial charge >= 0.3 is 5.97 Å². The van der Waals surface area contributed by atoms with Crippen LogP contribution >= 0.6 is 11.8 Å². The molecule has 1 unspecified atom stereocenters. The number of unbranched alkanes of at least 4 members (excludes halogenated alkanes) is 3. The van der Waals surface area contributed by atoms with Crippen LogP contribution in [0.2, 0.25) is 0 Å². The molecule has 4 aliphatic rings. The molecule has 0 aliphatic carbocycles. The van der Waals surface area contributed by atoms with Gasteiger partial charge in [-0.1, -0.05) is 43.2 Å². The molecule has 37 heavy (non-hydrogen) atoms. The van der Waals surface area contributed by atoms with E-state index in [0.29, 0.717) is 13.1 Å². The van der Waals surface area contributed by atoms with E-state index in [2.05, 4.69) is 0 Å². The number of benzene rings is 1. The molecule has 5 rings (SSSR count). The summed E-state index contributed by atoms with van der Waals surface area (Å²) in [5, 5.41) is 9.13. The van der Waals surface area contributed by atoms with Gasteiger partial charge in [0.1, 0.15) is 12.6 Å². The Morgan fingerprint density at radius 3 is 2.59 bits per heavy atom. The quantitative estimate of drug-likeness (QED) is 0.334. The maximum atomic E-state index is 14.5. The Hall–Kier alpha value is -2.58. The van der Waals surface area contributed by atoms with Crippen LogP contribution in [0.25, 0.3) is 0 Å². The van der Waals surface area contributed by atoms with E-state index in [9.17, 15) is 14.4 Å². The van der Waals surface area contributed by atoms with Crippen LogP contribution < -0.4 is 4.90 Å². The molecule has 0 aromatic heterocycles. The van der Waals surface area contributed by atoms with Crippen LogP contribution in [-0.4, -0.2) is 69.6 Å². The molecule has 4 heterocycles. The fourth-order valence-corrected chi connectivity index (χ4v) is 8.72. The number of hydrogen-bond donors (Lipinski definition) is 1. The Morgan fingerprint density at radius 2 is 1.81 bits per heavy atom. The molecular weight excluding hydrogens is 488 g/mol. The predicted molar refractivity (Wildman–Crippen MR) is 144 cm³/mol. The average molecular weight is 525 g/mol. The summed E-state index contributed by atoms with van der Waals surface area (Å²) < 4.78 is 4.00. The number of esters is 1. The van der Waals surface area contributed by atoms with Gasteiger partial charge in [-0.2, -0.15) is 0 Å². The number of nitrogens with zero attached hydrogens (tertiary/aromatic N) is 2. The molecule has 7 nitrogen and oxygen atoms in total. The number of thioether (sulfide) groups is 1. The van der Waals surface area contributed by atoms with Crippen molar-refractivity contribution in [1.82, 2.24) is 4.90 Å². The number of amides is 2. The Bertz CT molecular complexity index is 1160. The van der Waals surface area contributed by atoms with Crippen molar-refractivity contribution in [1.29, 1.82) is 0 Å². The number of rotatable bonds is 7. The third kappa shape index (κ3) is 4.22. The Morgan fingerprint density at radius 1 is 1.03 bits per heavy atom. The van der Waals surface area contributed by atoms with Gasteiger partial charge < -0.3 is 19.6 Å². The highest BCUT2D eigenvalue weighted by Gasteiger charge is 2.74. The first-order chi connectivity index (χ1) is 17.7. The van der Waals surface area contributed by atoms with Gasteiger partial charge in [-0.25, -0.2) is 0 Å². The lowest BCUT2D eigenvalue weighted by atomic mass is 9.75. The number of aliphatic hydroxyl groups is 1. The Kier molecular flexibility index (Phi) is 7.00. The van der Waals surface area contributed by atoms with E-state index in [1.807, 2.05) is 63.3 Å². The standard InChI is InChI=1S/C29H36N2O5S/c1-19-10-11-20(2)21(18-19)30-15-8-13-29-22(23-27(35)36-17-9-12-28(23,3)37-29)25(33)31(24(29)26(30)34)14-6-4-5-7-16-32/h8-13,18,22-24,32H,4-7,14-17H2,1-3H3/t22-,23+,24?,28-,29-/m0/s1. The number of fused-ring (bicyclic) bond motifs is 2. The summed E-state index contributed by atoms with van der Waals surface area (Å²) in [5.41, 5.74) is 2.92. The number of carbonyl (C=O) groups is 3. The monoisotopic (exact) mass is 524 g/mol. The number of anilines is 1. The highest BCUT2D eigenvalue weighted by Crippen LogP contribution is 2.65. The van der Waals surface area contributed by atoms with Crippen LogP contribution in [0.4, 0.5) is 5.69 Å². The van der Waals surface area contributed by atoms with Crippen LogP contribution in [0.3, 0.4) is 0 Å². The number of ether oxygens (including phenoxy) is 1. The van der Waals surface area contributed by atoms with E-state index in [0.717, 1.165) is 42.5 Å². The number of cyclic esters (lactones) is 1. The summed E-state index contributed by atoms with van der Waals surface area (Å²) in [5.74, 6) is -1.93. The van der Waals surface area contributed by atoms with E-state index in [4.69, 9.17) is 9.84 Å². The molecule has 2 fully saturated rings. The molecule has 5 atom stereocenters. The van der Waals surface area contributed by atoms with Gasteiger partial charge in [0.15, 0.2) is 0 Å². The van der Waals surface area contributed by atoms with Gasteiger partial charge in [0.2, 0.25) is 5.91 Å². The largest absolute Gasteiger partial charge is 0.461 e. The second-order valence-electron chi connectivity index (χ2n) is 10.8. The highest BCUT2D eigenvalue weighted by molar-refractivity contribution is 8.02. The number of likely N-dealkylation sites (tertiary alicyclic amines) is 1. The predicted octanol–water partition coefficient (Wildman–Crippen LogP) is 3.56. The lowest BCUT2D eigenvalue weighted by Gasteiger charge is -2.37. The van der Waals surface area contributed by atoms with E-state index >= 15 is 0 Å². The number of hydrogen-bond acceptors (Lipinski definition) is 6. The first-order valence-electron chi connectivity index (χ1n) is 13.3. The maximum Gasteiger partial charge on any atom is 0.311 e. The first kappa shape index (κ1) is 26.0. The van der Waals surface area contributed by atoms with Crippen LogP contribution in [0.5, 0.6) is 0 Å². The van der Waals surface area contributed by atoms with Gasteiger partial charge in [-0.05, 0) is 56.9 Å². The topological polar surface area (TPSA) is 87.2 Å². The zero-order valence-corrected chi connectivity index (χ0v) is 22.6. The van der Waals surface area contributed by atoms with Crippen molar-refractivity contribution in [2.24, 2.45) is 11.8 Å². The van der Waals surface area contributed by atoms with E-state index in [-0.39, 0.29) is 31.0 Å². The average Bonchev–Trinajstić information content (AvgIpc) is 3.11. The summed E-state index contributed by atoms with van der Waals surface area (Å²) in [6.07, 6.45) is 11.1. The third-order valence-corrected chi connectivity index (χ3v) is 10.1. The van der Waals surface area contributed by atoms with Crippen LogP contribution in [-0.2, 0) is 19.1 Å². The molecule has 2 amide bonds. The van der Waals surface area contributed by atoms with Crippen molar-refractivity contribution >= 4 is 35.2 Å². The molecule has 8 heteroatoms. The molecule has 1 aromatic rings. The fourth-order valence-electron chi connectivity index (χ4n) is 6.57. The van der Waals surface area contributed by atoms with Crippen LogP contribution in [0.1, 0.15) is 43.7 Å². The third-order valence-electron chi connectivity index (χ3n) is 8.28. The molecule has 4 aliphatic heterocycles. The van der Waals surface area contributed by atoms with Crippen LogP contribution in [0.15, 0.2) is 42.5 Å². The molecule has 2 saturated heterocycles. The van der Waals surface area contributed by atoms with Crippen molar-refractivity contribution in [3.63, 3.8) is 0 Å². The minimum Gasteiger partial charge on any atom is -0.461 e. The van der Waals surface area contributed by atoms with Crippen molar-refractivity contribution in [3.05, 3.63) is 53.6 Å². The molecule has 1 spiro atoms. The smallest absolute Gasteiger partial charge is 0.311 e. The number of aliphatic hydroxyl groups excluding tert-OH is 1. The molecule has 0 radical (unpaired) electrons. The van der Waals surface area contributed by atoms with Crippen LogP contribution in [0, 0.1) is 25.7 Å². The van der Waals surface area contributed by atoms with Gasteiger partial charge in [-0.15, -0.1) is 11.8 Å². The molecule has 0 saturated carbocycles. The number of carbonyl (C=O) groups excluding carboxylic acids is 3. The number of aryl methyl sites for hydroxylation is 2. The fraction of sp³-hybridized carbons (Fsp3) is 0.552. The van der Waals surface area contributed by atoms with Gasteiger partial charge in [0.05, 0.1) is 16.6 Å². The molecule has 0 bridgehead atoms. The zero-order valence-electron chi connectivity index (χ0n) is 21.8. The highest BCUT2D eigenvalue weighted by atomic mass is 32.2. The van der Waals surface area contributed by atoms with Gasteiger partial charge in [0, 0.05) is 30.1 Å². The van der Waals surface area contributed by atoms with Gasteiger partial charge in [-0.3, -0.25) is 14.4 Å². The minimum atomic E-state index is -0.855. The normalized spacial score (nSPS) is 32.6. The van der Waals surface area contributed by atoms with Gasteiger partial charge in [0.25, 0.3) is 5.91 Å². The lowest BCUT2D eigenvalue weighted by Crippen LogP contribution is -2.53. The van der Waals surface area contributed by atoms with E-state index in [1.54, 1.807) is 21.6 Å². The Labute approximate surface area is 222 Å². The second kappa shape index (κ2) is 9.95. The SMILES string of the molecule is Cc1ccc(C)c(N2CC=C[C@]34S[C@@]5(C)C=CCOC(=O)[C@H]5[C@H]3C(=O)N(CCCCCCO)C4C2=O)c1. The lowest BCUT2D eigenvalue weighted by molar-refractivity contribution is -0.152. The van der Waals surface area contributed by atoms with E-state index < -0.39 is 27.4 Å². The second-order valence-corrected chi connectivity index (χ2v) is 12.6. The summed E-state index contributed by atoms with van der Waals surface area (Å²) in [6, 6.07) is 5.37. The van der Waals surface area contributed by atoms with E-state index in [1.165, 1.54) is 0 Å². The Balaban J connectivity index is 1.58. The van der Waals surface area contributed by atoms with Crippen molar-refractivity contribution in [3.8, 4) is 0 Å².